The van der Waals surface area contributed by atoms with Crippen LogP contribution < -0.4 is 14.8 Å². The highest BCUT2D eigenvalue weighted by molar-refractivity contribution is 6.32. The van der Waals surface area contributed by atoms with E-state index in [1.165, 1.54) is 14.2 Å². The first kappa shape index (κ1) is 21.3. The molecule has 0 unspecified atom stereocenters. The molecule has 2 aromatic heterocycles. The zero-order chi connectivity index (χ0) is 22.7. The first-order valence-electron chi connectivity index (χ1n) is 9.68. The fourth-order valence-electron chi connectivity index (χ4n) is 3.31. The highest BCUT2D eigenvalue weighted by atomic mass is 35.5. The maximum atomic E-state index is 13.3. The highest BCUT2D eigenvalue weighted by Gasteiger charge is 2.24. The van der Waals surface area contributed by atoms with Gasteiger partial charge in [-0.1, -0.05) is 35.0 Å². The number of anilines is 1. The van der Waals surface area contributed by atoms with E-state index in [4.69, 9.17) is 21.1 Å². The molecule has 0 bridgehead atoms. The molecule has 0 saturated carbocycles. The minimum Gasteiger partial charge on any atom is -0.495 e. The van der Waals surface area contributed by atoms with Crippen LogP contribution in [0.1, 0.15) is 16.1 Å². The van der Waals surface area contributed by atoms with Gasteiger partial charge in [-0.2, -0.15) is 0 Å². The number of aryl methyl sites for hydroxylation is 1. The van der Waals surface area contributed by atoms with E-state index < -0.39 is 5.91 Å². The summed E-state index contributed by atoms with van der Waals surface area (Å²) in [6, 6.07) is 14.5. The molecule has 4 rings (SSSR count). The van der Waals surface area contributed by atoms with Crippen LogP contribution in [0, 0.1) is 6.92 Å². The van der Waals surface area contributed by atoms with E-state index in [2.05, 4.69) is 20.6 Å². The van der Waals surface area contributed by atoms with Crippen LogP contribution in [0.4, 0.5) is 5.69 Å². The van der Waals surface area contributed by atoms with Crippen molar-refractivity contribution in [2.45, 2.75) is 6.92 Å². The van der Waals surface area contributed by atoms with Gasteiger partial charge in [-0.25, -0.2) is 4.68 Å². The van der Waals surface area contributed by atoms with E-state index in [0.717, 1.165) is 16.8 Å². The molecule has 0 fully saturated rings. The lowest BCUT2D eigenvalue weighted by Gasteiger charge is -2.13. The Morgan fingerprint density at radius 3 is 2.44 bits per heavy atom. The molecule has 32 heavy (non-hydrogen) atoms. The van der Waals surface area contributed by atoms with Crippen LogP contribution in [-0.2, 0) is 0 Å². The fourth-order valence-corrected chi connectivity index (χ4v) is 3.55. The number of amides is 1. The van der Waals surface area contributed by atoms with Gasteiger partial charge in [-0.15, -0.1) is 5.10 Å². The summed E-state index contributed by atoms with van der Waals surface area (Å²) in [5, 5.41) is 11.6. The summed E-state index contributed by atoms with van der Waals surface area (Å²) >= 11 is 6.25. The molecule has 1 N–H and O–H groups in total. The molecule has 0 aliphatic rings. The van der Waals surface area contributed by atoms with Gasteiger partial charge in [0.25, 0.3) is 5.91 Å². The van der Waals surface area contributed by atoms with E-state index in [9.17, 15) is 4.79 Å². The summed E-state index contributed by atoms with van der Waals surface area (Å²) in [4.78, 5) is 17.4. The number of hydrogen-bond donors (Lipinski definition) is 1. The summed E-state index contributed by atoms with van der Waals surface area (Å²) in [7, 11) is 3.00. The molecule has 0 aliphatic heterocycles. The molecule has 0 saturated heterocycles. The number of methoxy groups -OCH3 is 2. The number of carbonyl (C=O) groups excluding carboxylic acids is 1. The first-order valence-corrected chi connectivity index (χ1v) is 10.1. The normalized spacial score (nSPS) is 10.6. The lowest BCUT2D eigenvalue weighted by atomic mass is 10.1. The molecule has 2 heterocycles. The largest absolute Gasteiger partial charge is 0.495 e. The smallest absolute Gasteiger partial charge is 0.278 e. The van der Waals surface area contributed by atoms with Gasteiger partial charge in [-0.3, -0.25) is 9.78 Å². The standard InChI is InChI=1S/C23H20ClN5O3/c1-14-6-4-5-7-18(14)29-22(15-8-10-25-11-9-15)21(27-28-29)23(30)26-17-12-16(24)19(31-2)13-20(17)32-3/h4-13H,1-3H3,(H,26,30). The maximum absolute atomic E-state index is 13.3. The maximum Gasteiger partial charge on any atom is 0.278 e. The van der Waals surface area contributed by atoms with Gasteiger partial charge in [0.1, 0.15) is 17.2 Å². The van der Waals surface area contributed by atoms with Gasteiger partial charge in [0.15, 0.2) is 5.69 Å². The molecule has 4 aromatic rings. The number of benzene rings is 2. The summed E-state index contributed by atoms with van der Waals surface area (Å²) < 4.78 is 12.2. The van der Waals surface area contributed by atoms with Crippen molar-refractivity contribution in [2.24, 2.45) is 0 Å². The molecule has 2 aromatic carbocycles. The summed E-state index contributed by atoms with van der Waals surface area (Å²) in [6.45, 7) is 1.97. The van der Waals surface area contributed by atoms with Gasteiger partial charge in [0, 0.05) is 24.0 Å². The SMILES string of the molecule is COc1cc(OC)c(NC(=O)c2nnn(-c3ccccc3C)c2-c2ccncc2)cc1Cl. The number of pyridine rings is 1. The van der Waals surface area contributed by atoms with Crippen LogP contribution in [0.3, 0.4) is 0 Å². The van der Waals surface area contributed by atoms with Crippen molar-refractivity contribution in [3.05, 3.63) is 77.2 Å². The van der Waals surface area contributed by atoms with Gasteiger partial charge in [0.05, 0.1) is 30.6 Å². The molecular formula is C23H20ClN5O3. The van der Waals surface area contributed by atoms with Crippen LogP contribution in [0.2, 0.25) is 5.02 Å². The number of carbonyl (C=O) groups is 1. The number of nitrogens with one attached hydrogen (secondary N) is 1. The summed E-state index contributed by atoms with van der Waals surface area (Å²) in [5.74, 6) is 0.372. The van der Waals surface area contributed by atoms with E-state index >= 15 is 0 Å². The van der Waals surface area contributed by atoms with Crippen molar-refractivity contribution in [2.75, 3.05) is 19.5 Å². The van der Waals surface area contributed by atoms with E-state index in [1.54, 1.807) is 41.3 Å². The van der Waals surface area contributed by atoms with Crippen molar-refractivity contribution < 1.29 is 14.3 Å². The number of para-hydroxylation sites is 1. The van der Waals surface area contributed by atoms with Crippen molar-refractivity contribution in [3.8, 4) is 28.4 Å². The molecule has 0 radical (unpaired) electrons. The summed E-state index contributed by atoms with van der Waals surface area (Å²) in [5.41, 5.74) is 3.62. The van der Waals surface area contributed by atoms with Crippen LogP contribution in [0.5, 0.6) is 11.5 Å². The van der Waals surface area contributed by atoms with Gasteiger partial charge < -0.3 is 14.8 Å². The molecule has 8 nitrogen and oxygen atoms in total. The Balaban J connectivity index is 1.80. The highest BCUT2D eigenvalue weighted by Crippen LogP contribution is 2.36. The Hall–Kier alpha value is -3.91. The lowest BCUT2D eigenvalue weighted by Crippen LogP contribution is -2.15. The van der Waals surface area contributed by atoms with Gasteiger partial charge in [-0.05, 0) is 36.8 Å². The van der Waals surface area contributed by atoms with Gasteiger partial charge in [0.2, 0.25) is 0 Å². The molecule has 0 spiro atoms. The molecular weight excluding hydrogens is 430 g/mol. The van der Waals surface area contributed by atoms with Gasteiger partial charge >= 0.3 is 0 Å². The van der Waals surface area contributed by atoms with Crippen molar-refractivity contribution >= 4 is 23.2 Å². The predicted molar refractivity (Wildman–Crippen MR) is 122 cm³/mol. The van der Waals surface area contributed by atoms with Crippen LogP contribution >= 0.6 is 11.6 Å². The minimum absolute atomic E-state index is 0.147. The average Bonchev–Trinajstić information content (AvgIpc) is 3.25. The topological polar surface area (TPSA) is 91.2 Å². The van der Waals surface area contributed by atoms with Crippen LogP contribution in [0.25, 0.3) is 16.9 Å². The monoisotopic (exact) mass is 449 g/mol. The minimum atomic E-state index is -0.462. The number of ether oxygens (including phenoxy) is 2. The third kappa shape index (κ3) is 4.00. The van der Waals surface area contributed by atoms with Crippen LogP contribution in [0.15, 0.2) is 60.9 Å². The zero-order valence-corrected chi connectivity index (χ0v) is 18.4. The third-order valence-electron chi connectivity index (χ3n) is 4.90. The Morgan fingerprint density at radius 2 is 1.75 bits per heavy atom. The van der Waals surface area contributed by atoms with E-state index in [1.807, 2.05) is 31.2 Å². The molecule has 9 heteroatoms. The Labute approximate surface area is 189 Å². The number of nitrogens with zero attached hydrogens (tertiary/aromatic N) is 4. The average molecular weight is 450 g/mol. The fraction of sp³-hybridized carbons (Fsp3) is 0.130. The molecule has 0 aliphatic carbocycles. The van der Waals surface area contributed by atoms with Crippen molar-refractivity contribution in [1.82, 2.24) is 20.0 Å². The Morgan fingerprint density at radius 1 is 1.03 bits per heavy atom. The van der Waals surface area contributed by atoms with E-state index in [0.29, 0.717) is 27.9 Å². The quantitative estimate of drug-likeness (QED) is 0.464. The molecule has 162 valence electrons. The lowest BCUT2D eigenvalue weighted by molar-refractivity contribution is 0.102. The second-order valence-corrected chi connectivity index (χ2v) is 7.27. The zero-order valence-electron chi connectivity index (χ0n) is 17.7. The molecule has 1 amide bonds. The Bertz CT molecular complexity index is 1270. The number of halogens is 1. The summed E-state index contributed by atoms with van der Waals surface area (Å²) in [6.07, 6.45) is 3.30. The number of aromatic nitrogens is 4. The Kier molecular flexibility index (Phi) is 6.04. The predicted octanol–water partition coefficient (Wildman–Crippen LogP) is 4.56. The van der Waals surface area contributed by atoms with E-state index in [-0.39, 0.29) is 5.69 Å². The first-order chi connectivity index (χ1) is 15.5. The van der Waals surface area contributed by atoms with Crippen molar-refractivity contribution in [3.63, 3.8) is 0 Å². The second-order valence-electron chi connectivity index (χ2n) is 6.86. The third-order valence-corrected chi connectivity index (χ3v) is 5.20. The number of rotatable bonds is 6. The van der Waals surface area contributed by atoms with Crippen LogP contribution in [-0.4, -0.2) is 40.1 Å². The number of hydrogen-bond acceptors (Lipinski definition) is 6. The second kappa shape index (κ2) is 9.07. The van der Waals surface area contributed by atoms with Crippen molar-refractivity contribution in [1.29, 1.82) is 0 Å². The molecule has 0 atom stereocenters.